The van der Waals surface area contributed by atoms with E-state index in [0.717, 1.165) is 42.8 Å². The van der Waals surface area contributed by atoms with Gasteiger partial charge in [-0.1, -0.05) is 57.0 Å². The molecular formula is C21H29NO2. The van der Waals surface area contributed by atoms with Crippen molar-refractivity contribution in [2.45, 2.75) is 59.5 Å². The van der Waals surface area contributed by atoms with Gasteiger partial charge in [-0.05, 0) is 37.5 Å². The monoisotopic (exact) mass is 327 g/mol. The second kappa shape index (κ2) is 9.31. The van der Waals surface area contributed by atoms with Crippen LogP contribution < -0.4 is 0 Å². The topological polar surface area (TPSA) is 33.5 Å². The lowest BCUT2D eigenvalue weighted by molar-refractivity contribution is -0.137. The summed E-state index contributed by atoms with van der Waals surface area (Å²) < 4.78 is 5.70. The summed E-state index contributed by atoms with van der Waals surface area (Å²) in [6.07, 6.45) is 4.08. The number of furan rings is 1. The van der Waals surface area contributed by atoms with E-state index in [9.17, 15) is 4.79 Å². The first kappa shape index (κ1) is 18.3. The third kappa shape index (κ3) is 5.26. The Labute approximate surface area is 145 Å². The van der Waals surface area contributed by atoms with Crippen LogP contribution in [0.1, 0.15) is 56.6 Å². The van der Waals surface area contributed by atoms with Crippen molar-refractivity contribution in [2.24, 2.45) is 5.92 Å². The molecule has 3 nitrogen and oxygen atoms in total. The Balaban J connectivity index is 2.15. The van der Waals surface area contributed by atoms with Crippen LogP contribution >= 0.6 is 0 Å². The second-order valence-corrected chi connectivity index (χ2v) is 6.44. The van der Waals surface area contributed by atoms with Crippen LogP contribution in [0.3, 0.4) is 0 Å². The molecule has 1 atom stereocenters. The van der Waals surface area contributed by atoms with Crippen molar-refractivity contribution < 1.29 is 9.21 Å². The number of benzene rings is 1. The van der Waals surface area contributed by atoms with Gasteiger partial charge < -0.3 is 9.32 Å². The summed E-state index contributed by atoms with van der Waals surface area (Å²) in [6, 6.07) is 14.1. The molecule has 1 aromatic carbocycles. The lowest BCUT2D eigenvalue weighted by atomic mass is 9.97. The standard InChI is InChI=1S/C21H29NO2/c1-4-6-12-19(5-2)21(23)22(15-18-10-8-7-9-11-18)16-20-14-13-17(3)24-20/h7-11,13-14,19H,4-6,12,15-16H2,1-3H3/t19-/m1/s1. The minimum atomic E-state index is 0.102. The zero-order valence-corrected chi connectivity index (χ0v) is 15.1. The van der Waals surface area contributed by atoms with Gasteiger partial charge >= 0.3 is 0 Å². The van der Waals surface area contributed by atoms with Crippen molar-refractivity contribution in [1.29, 1.82) is 0 Å². The normalized spacial score (nSPS) is 12.1. The van der Waals surface area contributed by atoms with Crippen molar-refractivity contribution in [3.63, 3.8) is 0 Å². The van der Waals surface area contributed by atoms with Gasteiger partial charge in [0.25, 0.3) is 0 Å². The van der Waals surface area contributed by atoms with E-state index in [1.165, 1.54) is 0 Å². The first-order valence-electron chi connectivity index (χ1n) is 9.02. The Morgan fingerprint density at radius 1 is 1.08 bits per heavy atom. The molecular weight excluding hydrogens is 298 g/mol. The van der Waals surface area contributed by atoms with Crippen LogP contribution in [-0.4, -0.2) is 10.8 Å². The highest BCUT2D eigenvalue weighted by molar-refractivity contribution is 5.78. The highest BCUT2D eigenvalue weighted by atomic mass is 16.3. The molecule has 0 saturated heterocycles. The summed E-state index contributed by atoms with van der Waals surface area (Å²) in [5.41, 5.74) is 1.15. The maximum absolute atomic E-state index is 13.1. The van der Waals surface area contributed by atoms with Crippen LogP contribution in [0.5, 0.6) is 0 Å². The minimum Gasteiger partial charge on any atom is -0.464 e. The fourth-order valence-corrected chi connectivity index (χ4v) is 2.98. The van der Waals surface area contributed by atoms with Crippen molar-refractivity contribution in [3.8, 4) is 0 Å². The van der Waals surface area contributed by atoms with Gasteiger partial charge in [0.1, 0.15) is 11.5 Å². The molecule has 0 aliphatic rings. The summed E-state index contributed by atoms with van der Waals surface area (Å²) >= 11 is 0. The SMILES string of the molecule is CCCC[C@@H](CC)C(=O)N(Cc1ccccc1)Cc1ccc(C)o1. The largest absolute Gasteiger partial charge is 0.464 e. The molecule has 0 aliphatic heterocycles. The second-order valence-electron chi connectivity index (χ2n) is 6.44. The Morgan fingerprint density at radius 3 is 2.42 bits per heavy atom. The highest BCUT2D eigenvalue weighted by Gasteiger charge is 2.23. The van der Waals surface area contributed by atoms with Crippen LogP contribution in [-0.2, 0) is 17.9 Å². The van der Waals surface area contributed by atoms with Crippen LogP contribution in [0.4, 0.5) is 0 Å². The summed E-state index contributed by atoms with van der Waals surface area (Å²) in [5, 5.41) is 0. The van der Waals surface area contributed by atoms with Gasteiger partial charge in [-0.2, -0.15) is 0 Å². The molecule has 1 heterocycles. The lowest BCUT2D eigenvalue weighted by Gasteiger charge is -2.26. The molecule has 0 unspecified atom stereocenters. The van der Waals surface area contributed by atoms with Crippen molar-refractivity contribution in [2.75, 3.05) is 0 Å². The van der Waals surface area contributed by atoms with Crippen LogP contribution in [0, 0.1) is 12.8 Å². The zero-order valence-electron chi connectivity index (χ0n) is 15.1. The predicted molar refractivity (Wildman–Crippen MR) is 97.4 cm³/mol. The maximum atomic E-state index is 13.1. The third-order valence-corrected chi connectivity index (χ3v) is 4.42. The van der Waals surface area contributed by atoms with Gasteiger partial charge in [0.2, 0.25) is 5.91 Å². The van der Waals surface area contributed by atoms with Gasteiger partial charge in [-0.15, -0.1) is 0 Å². The number of amides is 1. The number of unbranched alkanes of at least 4 members (excludes halogenated alkanes) is 1. The average Bonchev–Trinajstić information content (AvgIpc) is 3.00. The molecule has 0 saturated carbocycles. The third-order valence-electron chi connectivity index (χ3n) is 4.42. The number of aryl methyl sites for hydroxylation is 1. The highest BCUT2D eigenvalue weighted by Crippen LogP contribution is 2.20. The quantitative estimate of drug-likeness (QED) is 0.623. The van der Waals surface area contributed by atoms with E-state index >= 15 is 0 Å². The fourth-order valence-electron chi connectivity index (χ4n) is 2.98. The Morgan fingerprint density at radius 2 is 1.83 bits per heavy atom. The van der Waals surface area contributed by atoms with Gasteiger partial charge in [0.05, 0.1) is 6.54 Å². The Bertz CT molecular complexity index is 618. The van der Waals surface area contributed by atoms with Crippen LogP contribution in [0.2, 0.25) is 0 Å². The first-order valence-corrected chi connectivity index (χ1v) is 9.02. The molecule has 0 fully saturated rings. The lowest BCUT2D eigenvalue weighted by Crippen LogP contribution is -2.35. The number of carbonyl (C=O) groups is 1. The molecule has 24 heavy (non-hydrogen) atoms. The van der Waals surface area contributed by atoms with Crippen molar-refractivity contribution in [3.05, 3.63) is 59.5 Å². The molecule has 0 N–H and O–H groups in total. The predicted octanol–water partition coefficient (Wildman–Crippen LogP) is 5.33. The number of carbonyl (C=O) groups excluding carboxylic acids is 1. The van der Waals surface area contributed by atoms with Gasteiger partial charge in [0.15, 0.2) is 0 Å². The molecule has 0 aliphatic carbocycles. The smallest absolute Gasteiger partial charge is 0.226 e. The van der Waals surface area contributed by atoms with Crippen molar-refractivity contribution in [1.82, 2.24) is 4.90 Å². The van der Waals surface area contributed by atoms with Gasteiger partial charge in [-0.3, -0.25) is 4.79 Å². The molecule has 0 spiro atoms. The van der Waals surface area contributed by atoms with E-state index in [2.05, 4.69) is 26.0 Å². The Hall–Kier alpha value is -2.03. The van der Waals surface area contributed by atoms with E-state index in [-0.39, 0.29) is 11.8 Å². The van der Waals surface area contributed by atoms with E-state index in [0.29, 0.717) is 13.1 Å². The molecule has 3 heteroatoms. The van der Waals surface area contributed by atoms with E-state index < -0.39 is 0 Å². The number of nitrogens with zero attached hydrogens (tertiary/aromatic N) is 1. The summed E-state index contributed by atoms with van der Waals surface area (Å²) in [6.45, 7) is 7.37. The first-order chi connectivity index (χ1) is 11.6. The molecule has 1 aromatic heterocycles. The molecule has 0 bridgehead atoms. The summed E-state index contributed by atoms with van der Waals surface area (Å²) in [7, 11) is 0. The van der Waals surface area contributed by atoms with E-state index in [1.54, 1.807) is 0 Å². The summed E-state index contributed by atoms with van der Waals surface area (Å²) in [4.78, 5) is 15.0. The van der Waals surface area contributed by atoms with E-state index in [1.807, 2.05) is 42.2 Å². The molecule has 0 radical (unpaired) electrons. The fraction of sp³-hybridized carbons (Fsp3) is 0.476. The van der Waals surface area contributed by atoms with Crippen molar-refractivity contribution >= 4 is 5.91 Å². The minimum absolute atomic E-state index is 0.102. The number of rotatable bonds is 9. The molecule has 2 aromatic rings. The van der Waals surface area contributed by atoms with Gasteiger partial charge in [0, 0.05) is 12.5 Å². The van der Waals surface area contributed by atoms with E-state index in [4.69, 9.17) is 4.42 Å². The number of hydrogen-bond donors (Lipinski definition) is 0. The molecule has 2 rings (SSSR count). The van der Waals surface area contributed by atoms with Crippen LogP contribution in [0.25, 0.3) is 0 Å². The van der Waals surface area contributed by atoms with Crippen LogP contribution in [0.15, 0.2) is 46.9 Å². The average molecular weight is 327 g/mol. The summed E-state index contributed by atoms with van der Waals surface area (Å²) in [5.74, 6) is 2.07. The number of hydrogen-bond acceptors (Lipinski definition) is 2. The Kier molecular flexibility index (Phi) is 7.10. The van der Waals surface area contributed by atoms with Gasteiger partial charge in [-0.25, -0.2) is 0 Å². The molecule has 1 amide bonds. The maximum Gasteiger partial charge on any atom is 0.226 e. The zero-order chi connectivity index (χ0) is 17.4. The molecule has 130 valence electrons.